The zero-order valence-electron chi connectivity index (χ0n) is 11.8. The molecule has 0 amide bonds. The quantitative estimate of drug-likeness (QED) is 0.820. The van der Waals surface area contributed by atoms with Crippen LogP contribution in [0.2, 0.25) is 0 Å². The third-order valence-electron chi connectivity index (χ3n) is 3.73. The second kappa shape index (κ2) is 6.02. The number of nitrogens with zero attached hydrogens (tertiary/aromatic N) is 1. The Morgan fingerprint density at radius 2 is 2.05 bits per heavy atom. The van der Waals surface area contributed by atoms with E-state index in [4.69, 9.17) is 0 Å². The number of hydrogen-bond donors (Lipinski definition) is 1. The van der Waals surface area contributed by atoms with E-state index in [0.29, 0.717) is 12.3 Å². The third-order valence-corrected chi connectivity index (χ3v) is 3.73. The minimum Gasteiger partial charge on any atom is -0.378 e. The number of carbonyl (C=O) groups excluding carboxylic acids is 1. The average Bonchev–Trinajstić information content (AvgIpc) is 2.92. The molecule has 0 saturated carbocycles. The van der Waals surface area contributed by atoms with E-state index in [1.165, 1.54) is 0 Å². The summed E-state index contributed by atoms with van der Waals surface area (Å²) in [4.78, 5) is 14.2. The van der Waals surface area contributed by atoms with Gasteiger partial charge in [-0.15, -0.1) is 0 Å². The predicted molar refractivity (Wildman–Crippen MR) is 79.6 cm³/mol. The number of Topliss-reactive ketones (excluding diaryl/α,β-unsaturated/α-hetero) is 1. The predicted octanol–water partition coefficient (Wildman–Crippen LogP) is 2.03. The summed E-state index contributed by atoms with van der Waals surface area (Å²) >= 11 is 0. The molecular weight excluding hydrogens is 236 g/mol. The van der Waals surface area contributed by atoms with Gasteiger partial charge in [0.2, 0.25) is 0 Å². The Morgan fingerprint density at radius 1 is 1.37 bits per heavy atom. The van der Waals surface area contributed by atoms with Crippen LogP contribution in [0.4, 0.5) is 5.69 Å². The molecular formula is C16H22N2O. The molecule has 1 aromatic rings. The van der Waals surface area contributed by atoms with Gasteiger partial charge >= 0.3 is 0 Å². The first-order valence-electron chi connectivity index (χ1n) is 6.77. The Bertz CT molecular complexity index is 456. The molecule has 1 fully saturated rings. The minimum atomic E-state index is 0.173. The van der Waals surface area contributed by atoms with Gasteiger partial charge in [-0.1, -0.05) is 18.7 Å². The van der Waals surface area contributed by atoms with Gasteiger partial charge in [-0.3, -0.25) is 4.79 Å². The molecule has 0 spiro atoms. The molecule has 102 valence electrons. The van der Waals surface area contributed by atoms with E-state index < -0.39 is 0 Å². The maximum atomic E-state index is 12.2. The fourth-order valence-corrected chi connectivity index (χ4v) is 2.39. The van der Waals surface area contributed by atoms with Crippen LogP contribution in [-0.4, -0.2) is 33.0 Å². The van der Waals surface area contributed by atoms with Gasteiger partial charge in [-0.25, -0.2) is 0 Å². The minimum absolute atomic E-state index is 0.173. The van der Waals surface area contributed by atoms with Crippen molar-refractivity contribution in [2.45, 2.75) is 12.8 Å². The Labute approximate surface area is 115 Å². The lowest BCUT2D eigenvalue weighted by Crippen LogP contribution is -2.17. The first-order valence-corrected chi connectivity index (χ1v) is 6.77. The summed E-state index contributed by atoms with van der Waals surface area (Å²) in [6.07, 6.45) is 1.49. The molecule has 1 heterocycles. The highest BCUT2D eigenvalue weighted by atomic mass is 16.1. The molecule has 0 aliphatic carbocycles. The Morgan fingerprint density at radius 3 is 2.58 bits per heavy atom. The highest BCUT2D eigenvalue weighted by molar-refractivity contribution is 5.96. The van der Waals surface area contributed by atoms with E-state index in [-0.39, 0.29) is 5.78 Å². The Hall–Kier alpha value is -1.61. The SMILES string of the molecule is C=C(C(=O)Cc1ccc(N(C)C)cc1)[C@H]1CCNC1. The van der Waals surface area contributed by atoms with Gasteiger partial charge in [-0.2, -0.15) is 0 Å². The van der Waals surface area contributed by atoms with Crippen molar-refractivity contribution in [1.29, 1.82) is 0 Å². The van der Waals surface area contributed by atoms with Crippen molar-refractivity contribution in [3.8, 4) is 0 Å². The van der Waals surface area contributed by atoms with Crippen molar-refractivity contribution in [1.82, 2.24) is 5.32 Å². The molecule has 3 heteroatoms. The highest BCUT2D eigenvalue weighted by Crippen LogP contribution is 2.20. The van der Waals surface area contributed by atoms with E-state index >= 15 is 0 Å². The standard InChI is InChI=1S/C16H22N2O/c1-12(14-8-9-17-11-14)16(19)10-13-4-6-15(7-5-13)18(2)3/h4-7,14,17H,1,8-11H2,2-3H3/t14-/m0/s1. The van der Waals surface area contributed by atoms with Crippen LogP contribution < -0.4 is 10.2 Å². The van der Waals surface area contributed by atoms with Gasteiger partial charge in [0, 0.05) is 38.7 Å². The van der Waals surface area contributed by atoms with Gasteiger partial charge in [0.15, 0.2) is 5.78 Å². The largest absolute Gasteiger partial charge is 0.378 e. The molecule has 0 bridgehead atoms. The molecule has 0 unspecified atom stereocenters. The average molecular weight is 258 g/mol. The number of ketones is 1. The number of benzene rings is 1. The summed E-state index contributed by atoms with van der Waals surface area (Å²) in [6.45, 7) is 5.87. The topological polar surface area (TPSA) is 32.3 Å². The van der Waals surface area contributed by atoms with E-state index in [9.17, 15) is 4.79 Å². The molecule has 1 N–H and O–H groups in total. The fourth-order valence-electron chi connectivity index (χ4n) is 2.39. The van der Waals surface area contributed by atoms with Crippen molar-refractivity contribution in [2.75, 3.05) is 32.1 Å². The van der Waals surface area contributed by atoms with Crippen LogP contribution in [0.1, 0.15) is 12.0 Å². The van der Waals surface area contributed by atoms with Gasteiger partial charge in [0.25, 0.3) is 0 Å². The molecule has 0 radical (unpaired) electrons. The van der Waals surface area contributed by atoms with E-state index in [1.807, 2.05) is 38.4 Å². The van der Waals surface area contributed by atoms with Gasteiger partial charge in [0.05, 0.1) is 0 Å². The molecule has 19 heavy (non-hydrogen) atoms. The van der Waals surface area contributed by atoms with Crippen LogP contribution in [0.25, 0.3) is 0 Å². The fraction of sp³-hybridized carbons (Fsp3) is 0.438. The van der Waals surface area contributed by atoms with E-state index in [2.05, 4.69) is 16.8 Å². The summed E-state index contributed by atoms with van der Waals surface area (Å²) < 4.78 is 0. The van der Waals surface area contributed by atoms with Crippen molar-refractivity contribution in [3.63, 3.8) is 0 Å². The molecule has 1 aliphatic rings. The van der Waals surface area contributed by atoms with Crippen LogP contribution >= 0.6 is 0 Å². The lowest BCUT2D eigenvalue weighted by Gasteiger charge is -2.14. The lowest BCUT2D eigenvalue weighted by atomic mass is 9.93. The first-order chi connectivity index (χ1) is 9.08. The molecule has 1 saturated heterocycles. The number of hydrogen-bond acceptors (Lipinski definition) is 3. The van der Waals surface area contributed by atoms with Crippen LogP contribution in [0.15, 0.2) is 36.4 Å². The molecule has 0 aromatic heterocycles. The van der Waals surface area contributed by atoms with Gasteiger partial charge in [0.1, 0.15) is 0 Å². The lowest BCUT2D eigenvalue weighted by molar-refractivity contribution is -0.115. The summed E-state index contributed by atoms with van der Waals surface area (Å²) in [6, 6.07) is 8.13. The number of nitrogens with one attached hydrogen (secondary N) is 1. The maximum absolute atomic E-state index is 12.2. The van der Waals surface area contributed by atoms with Gasteiger partial charge < -0.3 is 10.2 Å². The monoisotopic (exact) mass is 258 g/mol. The van der Waals surface area contributed by atoms with Crippen LogP contribution in [0.3, 0.4) is 0 Å². The molecule has 1 aliphatic heterocycles. The summed E-state index contributed by atoms with van der Waals surface area (Å²) in [5, 5.41) is 3.27. The second-order valence-corrected chi connectivity index (χ2v) is 5.38. The normalized spacial score (nSPS) is 18.3. The molecule has 1 aromatic carbocycles. The van der Waals surface area contributed by atoms with Crippen LogP contribution in [-0.2, 0) is 11.2 Å². The van der Waals surface area contributed by atoms with Crippen molar-refractivity contribution >= 4 is 11.5 Å². The Kier molecular flexibility index (Phi) is 4.38. The van der Waals surface area contributed by atoms with E-state index in [1.54, 1.807) is 0 Å². The molecule has 1 atom stereocenters. The third kappa shape index (κ3) is 3.44. The molecule has 2 rings (SSSR count). The van der Waals surface area contributed by atoms with Gasteiger partial charge in [-0.05, 0) is 36.2 Å². The zero-order valence-corrected chi connectivity index (χ0v) is 11.8. The second-order valence-electron chi connectivity index (χ2n) is 5.38. The highest BCUT2D eigenvalue weighted by Gasteiger charge is 2.22. The number of carbonyl (C=O) groups is 1. The number of rotatable bonds is 5. The zero-order chi connectivity index (χ0) is 13.8. The van der Waals surface area contributed by atoms with Crippen molar-refractivity contribution < 1.29 is 4.79 Å². The summed E-state index contributed by atoms with van der Waals surface area (Å²) in [7, 11) is 4.02. The van der Waals surface area contributed by atoms with Crippen molar-refractivity contribution in [2.24, 2.45) is 5.92 Å². The summed E-state index contributed by atoms with van der Waals surface area (Å²) in [5.41, 5.74) is 2.99. The van der Waals surface area contributed by atoms with E-state index in [0.717, 1.165) is 36.3 Å². The van der Waals surface area contributed by atoms with Crippen LogP contribution in [0.5, 0.6) is 0 Å². The van der Waals surface area contributed by atoms with Crippen LogP contribution in [0, 0.1) is 5.92 Å². The smallest absolute Gasteiger partial charge is 0.162 e. The summed E-state index contributed by atoms with van der Waals surface area (Å²) in [5.74, 6) is 0.500. The van der Waals surface area contributed by atoms with Crippen molar-refractivity contribution in [3.05, 3.63) is 42.0 Å². The number of anilines is 1. The maximum Gasteiger partial charge on any atom is 0.162 e. The Balaban J connectivity index is 1.96. The molecule has 3 nitrogen and oxygen atoms in total. The first kappa shape index (κ1) is 13.8.